The zero-order valence-electron chi connectivity index (χ0n) is 18.0. The van der Waals surface area contributed by atoms with Gasteiger partial charge in [0.05, 0.1) is 18.0 Å². The van der Waals surface area contributed by atoms with E-state index in [2.05, 4.69) is 22.1 Å². The number of carbonyl (C=O) groups is 2. The van der Waals surface area contributed by atoms with Crippen molar-refractivity contribution in [1.29, 1.82) is 0 Å². The molecule has 1 saturated heterocycles. The standard InChI is InChI=1S/C23H24N4O5/c1-3-32-21(28)20-19-17(25-31)8-5-9-18(19)27(24-20)16-7-4-6-15(14-16)10-11-23(30)12-13-26(2)22(23)29/h4,6-7,14,17,30H,3,5,8-9,12-13H2,1-2H3/t17?,23-/m0/s1. The number of hydrogen-bond donors (Lipinski definition) is 1. The summed E-state index contributed by atoms with van der Waals surface area (Å²) >= 11 is 0. The topological polar surface area (TPSA) is 114 Å². The molecule has 1 aliphatic carbocycles. The fourth-order valence-corrected chi connectivity index (χ4v) is 4.19. The summed E-state index contributed by atoms with van der Waals surface area (Å²) in [6, 6.07) is 6.48. The largest absolute Gasteiger partial charge is 0.461 e. The number of hydrogen-bond acceptors (Lipinski definition) is 7. The average molecular weight is 436 g/mol. The zero-order chi connectivity index (χ0) is 22.9. The number of likely N-dealkylation sites (tertiary alicyclic amines) is 1. The first-order chi connectivity index (χ1) is 15.4. The van der Waals surface area contributed by atoms with Crippen molar-refractivity contribution in [2.45, 2.75) is 44.2 Å². The molecule has 166 valence electrons. The quantitative estimate of drug-likeness (QED) is 0.446. The molecule has 2 aromatic rings. The predicted molar refractivity (Wildman–Crippen MR) is 115 cm³/mol. The molecule has 1 N–H and O–H groups in total. The Morgan fingerprint density at radius 3 is 2.94 bits per heavy atom. The Balaban J connectivity index is 1.74. The van der Waals surface area contributed by atoms with Crippen molar-refractivity contribution >= 4 is 11.9 Å². The van der Waals surface area contributed by atoms with E-state index in [0.29, 0.717) is 36.2 Å². The molecule has 1 aliphatic heterocycles. The van der Waals surface area contributed by atoms with E-state index in [4.69, 9.17) is 4.74 Å². The van der Waals surface area contributed by atoms with Gasteiger partial charge in [-0.3, -0.25) is 4.79 Å². The van der Waals surface area contributed by atoms with Crippen LogP contribution in [0.25, 0.3) is 5.69 Å². The summed E-state index contributed by atoms with van der Waals surface area (Å²) in [5.74, 6) is 4.60. The number of carbonyl (C=O) groups excluding carboxylic acids is 2. The highest BCUT2D eigenvalue weighted by Gasteiger charge is 2.42. The van der Waals surface area contributed by atoms with Gasteiger partial charge in [-0.15, -0.1) is 0 Å². The van der Waals surface area contributed by atoms with Crippen molar-refractivity contribution in [3.8, 4) is 17.5 Å². The van der Waals surface area contributed by atoms with E-state index < -0.39 is 23.5 Å². The van der Waals surface area contributed by atoms with Gasteiger partial charge in [0.15, 0.2) is 5.69 Å². The fraction of sp³-hybridized carbons (Fsp3) is 0.435. The second-order valence-corrected chi connectivity index (χ2v) is 7.99. The van der Waals surface area contributed by atoms with Crippen molar-refractivity contribution in [2.75, 3.05) is 20.2 Å². The highest BCUT2D eigenvalue weighted by atomic mass is 16.5. The van der Waals surface area contributed by atoms with Gasteiger partial charge < -0.3 is 14.7 Å². The smallest absolute Gasteiger partial charge is 0.359 e. The van der Waals surface area contributed by atoms with Gasteiger partial charge in [-0.05, 0) is 44.4 Å². The lowest BCUT2D eigenvalue weighted by molar-refractivity contribution is -0.137. The van der Waals surface area contributed by atoms with Gasteiger partial charge in [-0.1, -0.05) is 23.1 Å². The van der Waals surface area contributed by atoms with E-state index in [9.17, 15) is 19.6 Å². The van der Waals surface area contributed by atoms with Gasteiger partial charge >= 0.3 is 5.97 Å². The number of ether oxygens (including phenoxy) is 1. The minimum absolute atomic E-state index is 0.108. The van der Waals surface area contributed by atoms with Crippen LogP contribution in [0.5, 0.6) is 0 Å². The third-order valence-electron chi connectivity index (χ3n) is 5.86. The Bertz CT molecular complexity index is 1140. The molecule has 2 aliphatic rings. The second kappa shape index (κ2) is 8.55. The van der Waals surface area contributed by atoms with Crippen molar-refractivity contribution < 1.29 is 19.4 Å². The highest BCUT2D eigenvalue weighted by Crippen LogP contribution is 2.36. The maximum atomic E-state index is 12.5. The monoisotopic (exact) mass is 436 g/mol. The summed E-state index contributed by atoms with van der Waals surface area (Å²) in [6.45, 7) is 2.35. The first-order valence-corrected chi connectivity index (χ1v) is 10.6. The number of benzene rings is 1. The highest BCUT2D eigenvalue weighted by molar-refractivity contribution is 5.91. The number of rotatable bonds is 4. The second-order valence-electron chi connectivity index (χ2n) is 7.99. The Morgan fingerprint density at radius 2 is 2.25 bits per heavy atom. The first kappa shape index (κ1) is 21.7. The third-order valence-corrected chi connectivity index (χ3v) is 5.86. The molecule has 1 aromatic heterocycles. The maximum absolute atomic E-state index is 12.5. The summed E-state index contributed by atoms with van der Waals surface area (Å²) in [5.41, 5.74) is 0.931. The average Bonchev–Trinajstić information content (AvgIpc) is 3.32. The molecule has 32 heavy (non-hydrogen) atoms. The molecule has 2 atom stereocenters. The molecular weight excluding hydrogens is 412 g/mol. The van der Waals surface area contributed by atoms with Crippen LogP contribution in [0.4, 0.5) is 0 Å². The van der Waals surface area contributed by atoms with Crippen molar-refractivity contribution in [3.63, 3.8) is 0 Å². The molecule has 1 aromatic carbocycles. The molecule has 1 amide bonds. The van der Waals surface area contributed by atoms with Crippen LogP contribution >= 0.6 is 0 Å². The Morgan fingerprint density at radius 1 is 1.44 bits per heavy atom. The first-order valence-electron chi connectivity index (χ1n) is 10.6. The van der Waals surface area contributed by atoms with Crippen LogP contribution in [-0.2, 0) is 16.0 Å². The van der Waals surface area contributed by atoms with Crippen LogP contribution in [0, 0.1) is 16.7 Å². The molecule has 0 radical (unpaired) electrons. The van der Waals surface area contributed by atoms with Gasteiger partial charge in [0, 0.05) is 31.1 Å². The van der Waals surface area contributed by atoms with Crippen molar-refractivity contribution in [3.05, 3.63) is 51.7 Å². The lowest BCUT2D eigenvalue weighted by Crippen LogP contribution is -2.37. The van der Waals surface area contributed by atoms with Crippen LogP contribution in [0.15, 0.2) is 29.4 Å². The van der Waals surface area contributed by atoms with Gasteiger partial charge in [0.25, 0.3) is 5.91 Å². The van der Waals surface area contributed by atoms with Crippen molar-refractivity contribution in [1.82, 2.24) is 14.7 Å². The van der Waals surface area contributed by atoms with Gasteiger partial charge in [-0.2, -0.15) is 10.0 Å². The van der Waals surface area contributed by atoms with E-state index in [1.165, 1.54) is 4.90 Å². The SMILES string of the molecule is CCOC(=O)c1nn(-c2cccc(C#C[C@]3(O)CCN(C)C3=O)c2)c2c1C(N=O)CCC2. The minimum atomic E-state index is -1.68. The van der Waals surface area contributed by atoms with Crippen molar-refractivity contribution in [2.24, 2.45) is 5.18 Å². The molecular formula is C23H24N4O5. The molecule has 0 spiro atoms. The summed E-state index contributed by atoms with van der Waals surface area (Å²) in [5, 5.41) is 18.2. The molecule has 1 unspecified atom stereocenters. The Hall–Kier alpha value is -3.51. The predicted octanol–water partition coefficient (Wildman–Crippen LogP) is 2.14. The van der Waals surface area contributed by atoms with Gasteiger partial charge in [-0.25, -0.2) is 9.48 Å². The normalized spacial score (nSPS) is 22.2. The molecule has 0 saturated carbocycles. The van der Waals surface area contributed by atoms with Gasteiger partial charge in [0.1, 0.15) is 6.04 Å². The van der Waals surface area contributed by atoms with Gasteiger partial charge in [0.2, 0.25) is 5.60 Å². The molecule has 9 heteroatoms. The van der Waals surface area contributed by atoms with E-state index in [1.807, 2.05) is 6.07 Å². The number of esters is 1. The number of amides is 1. The zero-order valence-corrected chi connectivity index (χ0v) is 18.0. The third kappa shape index (κ3) is 3.78. The Labute approximate surface area is 185 Å². The molecule has 0 bridgehead atoms. The number of aliphatic hydroxyl groups is 1. The summed E-state index contributed by atoms with van der Waals surface area (Å²) in [7, 11) is 1.63. The number of nitroso groups, excluding NO2 is 1. The maximum Gasteiger partial charge on any atom is 0.359 e. The van der Waals surface area contributed by atoms with Crippen LogP contribution in [0.1, 0.15) is 59.5 Å². The van der Waals surface area contributed by atoms with E-state index in [0.717, 1.165) is 12.1 Å². The number of nitrogens with zero attached hydrogens (tertiary/aromatic N) is 4. The summed E-state index contributed by atoms with van der Waals surface area (Å²) in [6.07, 6.45) is 2.20. The fourth-order valence-electron chi connectivity index (χ4n) is 4.19. The molecule has 4 rings (SSSR count). The molecule has 9 nitrogen and oxygen atoms in total. The number of aromatic nitrogens is 2. The van der Waals surface area contributed by atoms with Crippen LogP contribution in [0.2, 0.25) is 0 Å². The Kier molecular flexibility index (Phi) is 5.80. The number of fused-ring (bicyclic) bond motifs is 1. The van der Waals surface area contributed by atoms with E-state index in [1.54, 1.807) is 36.9 Å². The van der Waals surface area contributed by atoms with E-state index >= 15 is 0 Å². The minimum Gasteiger partial charge on any atom is -0.461 e. The molecule has 2 heterocycles. The lowest BCUT2D eigenvalue weighted by atomic mass is 9.91. The van der Waals surface area contributed by atoms with E-state index in [-0.39, 0.29) is 18.7 Å². The molecule has 1 fully saturated rings. The van der Waals surface area contributed by atoms with Crippen LogP contribution in [0.3, 0.4) is 0 Å². The lowest BCUT2D eigenvalue weighted by Gasteiger charge is -2.18. The summed E-state index contributed by atoms with van der Waals surface area (Å²) in [4.78, 5) is 37.5. The van der Waals surface area contributed by atoms with Crippen LogP contribution < -0.4 is 0 Å². The van der Waals surface area contributed by atoms with Crippen LogP contribution in [-0.4, -0.2) is 57.5 Å². The summed E-state index contributed by atoms with van der Waals surface area (Å²) < 4.78 is 6.77. The number of likely N-dealkylation sites (N-methyl/N-ethyl adjacent to an activating group) is 1.